The molecule has 5 nitrogen and oxygen atoms in total. The molecule has 0 unspecified atom stereocenters. The SMILES string of the molecule is CCc1cccc(CC)c1NC(=O)[C@H](C)Sc1nc(-c2ccccc2)cc(=O)[nH]1. The number of para-hydroxylation sites is 1. The lowest BCUT2D eigenvalue weighted by molar-refractivity contribution is -0.115. The van der Waals surface area contributed by atoms with Crippen LogP contribution in [0.25, 0.3) is 11.3 Å². The first kappa shape index (κ1) is 20.9. The molecule has 3 aromatic rings. The summed E-state index contributed by atoms with van der Waals surface area (Å²) in [5, 5.41) is 3.09. The van der Waals surface area contributed by atoms with Crippen LogP contribution in [0.1, 0.15) is 31.9 Å². The molecule has 0 radical (unpaired) electrons. The molecule has 2 aromatic carbocycles. The van der Waals surface area contributed by atoms with Crippen LogP contribution in [0.5, 0.6) is 0 Å². The van der Waals surface area contributed by atoms with Crippen LogP contribution in [0.15, 0.2) is 64.5 Å². The number of benzene rings is 2. The average Bonchev–Trinajstić information content (AvgIpc) is 2.74. The van der Waals surface area contributed by atoms with Crippen molar-refractivity contribution in [3.63, 3.8) is 0 Å². The number of nitrogens with zero attached hydrogens (tertiary/aromatic N) is 1. The predicted molar refractivity (Wildman–Crippen MR) is 119 cm³/mol. The van der Waals surface area contributed by atoms with Gasteiger partial charge in [0.05, 0.1) is 10.9 Å². The van der Waals surface area contributed by atoms with Gasteiger partial charge >= 0.3 is 0 Å². The van der Waals surface area contributed by atoms with Crippen molar-refractivity contribution >= 4 is 23.4 Å². The molecule has 0 aliphatic carbocycles. The van der Waals surface area contributed by atoms with E-state index in [2.05, 4.69) is 29.1 Å². The molecule has 0 spiro atoms. The van der Waals surface area contributed by atoms with Crippen LogP contribution >= 0.6 is 11.8 Å². The van der Waals surface area contributed by atoms with Crippen molar-refractivity contribution in [3.8, 4) is 11.3 Å². The van der Waals surface area contributed by atoms with E-state index in [1.807, 2.05) is 55.5 Å². The van der Waals surface area contributed by atoms with Gasteiger partial charge in [-0.15, -0.1) is 0 Å². The first-order valence-electron chi connectivity index (χ1n) is 9.76. The second-order valence-electron chi connectivity index (χ2n) is 6.71. The predicted octanol–water partition coefficient (Wildman–Crippen LogP) is 4.68. The standard InChI is InChI=1S/C23H25N3O2S/c1-4-16-12-9-13-17(5-2)21(16)26-22(28)15(3)29-23-24-19(14-20(27)25-23)18-10-7-6-8-11-18/h6-15H,4-5H2,1-3H3,(H,26,28)(H,24,25,27)/t15-/m0/s1. The van der Waals surface area contributed by atoms with Crippen molar-refractivity contribution in [2.45, 2.75) is 44.0 Å². The molecule has 0 saturated carbocycles. The summed E-state index contributed by atoms with van der Waals surface area (Å²) < 4.78 is 0. The molecule has 1 aromatic heterocycles. The van der Waals surface area contributed by atoms with Gasteiger partial charge in [-0.05, 0) is 30.9 Å². The van der Waals surface area contributed by atoms with Gasteiger partial charge in [0.1, 0.15) is 0 Å². The molecule has 0 aliphatic rings. The van der Waals surface area contributed by atoms with Gasteiger partial charge in [-0.1, -0.05) is 74.1 Å². The number of thioether (sulfide) groups is 1. The fraction of sp³-hybridized carbons (Fsp3) is 0.261. The van der Waals surface area contributed by atoms with E-state index < -0.39 is 5.25 Å². The van der Waals surface area contributed by atoms with Crippen LogP contribution in [0.2, 0.25) is 0 Å². The number of aromatic amines is 1. The summed E-state index contributed by atoms with van der Waals surface area (Å²) >= 11 is 1.24. The lowest BCUT2D eigenvalue weighted by Crippen LogP contribution is -2.24. The second-order valence-corrected chi connectivity index (χ2v) is 8.04. The highest BCUT2D eigenvalue weighted by Crippen LogP contribution is 2.26. The van der Waals surface area contributed by atoms with Gasteiger partial charge < -0.3 is 10.3 Å². The third kappa shape index (κ3) is 5.15. The topological polar surface area (TPSA) is 74.8 Å². The van der Waals surface area contributed by atoms with Crippen LogP contribution in [0, 0.1) is 0 Å². The number of hydrogen-bond donors (Lipinski definition) is 2. The Morgan fingerprint density at radius 1 is 1.07 bits per heavy atom. The maximum Gasteiger partial charge on any atom is 0.252 e. The number of hydrogen-bond acceptors (Lipinski definition) is 4. The highest BCUT2D eigenvalue weighted by molar-refractivity contribution is 8.00. The minimum Gasteiger partial charge on any atom is -0.325 e. The van der Waals surface area contributed by atoms with Crippen LogP contribution < -0.4 is 10.9 Å². The number of nitrogens with one attached hydrogen (secondary N) is 2. The normalized spacial score (nSPS) is 11.8. The number of aryl methyl sites for hydroxylation is 2. The van der Waals surface area contributed by atoms with Gasteiger partial charge in [0, 0.05) is 17.3 Å². The van der Waals surface area contributed by atoms with E-state index in [0.29, 0.717) is 10.9 Å². The molecule has 1 amide bonds. The third-order valence-electron chi connectivity index (χ3n) is 4.69. The number of carbonyl (C=O) groups excluding carboxylic acids is 1. The number of amides is 1. The maximum absolute atomic E-state index is 12.8. The zero-order valence-electron chi connectivity index (χ0n) is 16.9. The Balaban J connectivity index is 1.79. The summed E-state index contributed by atoms with van der Waals surface area (Å²) in [5.41, 5.74) is 4.35. The van der Waals surface area contributed by atoms with Crippen molar-refractivity contribution in [2.24, 2.45) is 0 Å². The molecular weight excluding hydrogens is 382 g/mol. The van der Waals surface area contributed by atoms with Gasteiger partial charge in [0.15, 0.2) is 5.16 Å². The first-order valence-corrected chi connectivity index (χ1v) is 10.6. The molecule has 1 heterocycles. The van der Waals surface area contributed by atoms with Crippen molar-refractivity contribution in [1.82, 2.24) is 9.97 Å². The Bertz CT molecular complexity index is 1030. The van der Waals surface area contributed by atoms with Gasteiger partial charge in [0.2, 0.25) is 5.91 Å². The molecule has 2 N–H and O–H groups in total. The molecule has 3 rings (SSSR count). The van der Waals surface area contributed by atoms with Gasteiger partial charge in [-0.3, -0.25) is 9.59 Å². The van der Waals surface area contributed by atoms with Crippen molar-refractivity contribution in [3.05, 3.63) is 76.1 Å². The van der Waals surface area contributed by atoms with Crippen LogP contribution in [0.3, 0.4) is 0 Å². The second kappa shape index (κ2) is 9.56. The Kier molecular flexibility index (Phi) is 6.88. The lowest BCUT2D eigenvalue weighted by atomic mass is 10.0. The Morgan fingerprint density at radius 2 is 1.72 bits per heavy atom. The van der Waals surface area contributed by atoms with E-state index in [9.17, 15) is 9.59 Å². The van der Waals surface area contributed by atoms with E-state index in [-0.39, 0.29) is 11.5 Å². The smallest absolute Gasteiger partial charge is 0.252 e. The van der Waals surface area contributed by atoms with Crippen molar-refractivity contribution in [1.29, 1.82) is 0 Å². The number of carbonyl (C=O) groups is 1. The first-order chi connectivity index (χ1) is 14.0. The molecule has 6 heteroatoms. The summed E-state index contributed by atoms with van der Waals surface area (Å²) in [6, 6.07) is 17.1. The molecule has 0 bridgehead atoms. The van der Waals surface area contributed by atoms with Crippen molar-refractivity contribution < 1.29 is 4.79 Å². The van der Waals surface area contributed by atoms with E-state index in [1.54, 1.807) is 0 Å². The van der Waals surface area contributed by atoms with E-state index in [1.165, 1.54) is 17.8 Å². The molecule has 0 fully saturated rings. The van der Waals surface area contributed by atoms with Crippen LogP contribution in [-0.4, -0.2) is 21.1 Å². The Morgan fingerprint density at radius 3 is 2.34 bits per heavy atom. The van der Waals surface area contributed by atoms with Crippen molar-refractivity contribution in [2.75, 3.05) is 5.32 Å². The van der Waals surface area contributed by atoms with Gasteiger partial charge in [-0.25, -0.2) is 4.98 Å². The molecule has 0 aliphatic heterocycles. The Hall–Kier alpha value is -2.86. The summed E-state index contributed by atoms with van der Waals surface area (Å²) in [5.74, 6) is -0.113. The highest BCUT2D eigenvalue weighted by atomic mass is 32.2. The third-order valence-corrected chi connectivity index (χ3v) is 5.68. The molecule has 29 heavy (non-hydrogen) atoms. The fourth-order valence-electron chi connectivity index (χ4n) is 3.10. The zero-order chi connectivity index (χ0) is 20.8. The number of H-pyrrole nitrogens is 1. The monoisotopic (exact) mass is 407 g/mol. The average molecular weight is 408 g/mol. The summed E-state index contributed by atoms with van der Waals surface area (Å²) in [6.07, 6.45) is 1.69. The number of aromatic nitrogens is 2. The molecule has 1 atom stereocenters. The molecule has 0 saturated heterocycles. The number of rotatable bonds is 7. The summed E-state index contributed by atoms with van der Waals surface area (Å²) in [4.78, 5) is 32.2. The highest BCUT2D eigenvalue weighted by Gasteiger charge is 2.19. The Labute approximate surface area is 175 Å². The largest absolute Gasteiger partial charge is 0.325 e. The zero-order valence-corrected chi connectivity index (χ0v) is 17.7. The minimum atomic E-state index is -0.418. The van der Waals surface area contributed by atoms with Crippen LogP contribution in [0.4, 0.5) is 5.69 Å². The fourth-order valence-corrected chi connectivity index (χ4v) is 3.91. The van der Waals surface area contributed by atoms with E-state index in [0.717, 1.165) is 35.2 Å². The van der Waals surface area contributed by atoms with Crippen LogP contribution in [-0.2, 0) is 17.6 Å². The maximum atomic E-state index is 12.8. The molecular formula is C23H25N3O2S. The number of anilines is 1. The van der Waals surface area contributed by atoms with Gasteiger partial charge in [0.25, 0.3) is 5.56 Å². The quantitative estimate of drug-likeness (QED) is 0.440. The van der Waals surface area contributed by atoms with E-state index >= 15 is 0 Å². The summed E-state index contributed by atoms with van der Waals surface area (Å²) in [7, 11) is 0. The summed E-state index contributed by atoms with van der Waals surface area (Å²) in [6.45, 7) is 5.97. The van der Waals surface area contributed by atoms with E-state index in [4.69, 9.17) is 0 Å². The molecule has 150 valence electrons. The lowest BCUT2D eigenvalue weighted by Gasteiger charge is -2.17. The van der Waals surface area contributed by atoms with Gasteiger partial charge in [-0.2, -0.15) is 0 Å². The minimum absolute atomic E-state index is 0.113.